The molecule has 2 rings (SSSR count). The highest BCUT2D eigenvalue weighted by atomic mass is 15.2. The molecule has 0 saturated carbocycles. The van der Waals surface area contributed by atoms with E-state index in [0.29, 0.717) is 0 Å². The quantitative estimate of drug-likeness (QED) is 0.808. The number of rotatable bonds is 5. The Labute approximate surface area is 113 Å². The Hall–Kier alpha value is -0.120. The Morgan fingerprint density at radius 3 is 2.50 bits per heavy atom. The van der Waals surface area contributed by atoms with Gasteiger partial charge in [0.05, 0.1) is 0 Å². The standard InChI is InChI=1S/C15H31N3/c1-17(2)15-8-12-18(13-9-15)11-5-7-14-6-3-4-10-16-14/h14-16H,3-13H2,1-2H3. The molecular weight excluding hydrogens is 222 g/mol. The van der Waals surface area contributed by atoms with E-state index < -0.39 is 0 Å². The molecular formula is C15H31N3. The van der Waals surface area contributed by atoms with Gasteiger partial charge in [0.25, 0.3) is 0 Å². The predicted octanol–water partition coefficient (Wildman–Crippen LogP) is 1.93. The molecule has 106 valence electrons. The van der Waals surface area contributed by atoms with Crippen molar-refractivity contribution in [3.8, 4) is 0 Å². The summed E-state index contributed by atoms with van der Waals surface area (Å²) in [5, 5.41) is 3.65. The van der Waals surface area contributed by atoms with Crippen molar-refractivity contribution in [1.29, 1.82) is 0 Å². The molecule has 0 amide bonds. The second-order valence-electron chi connectivity index (χ2n) is 6.33. The van der Waals surface area contributed by atoms with Crippen LogP contribution in [-0.2, 0) is 0 Å². The molecule has 0 aromatic rings. The minimum absolute atomic E-state index is 0.818. The summed E-state index contributed by atoms with van der Waals surface area (Å²) in [6, 6.07) is 1.64. The maximum absolute atomic E-state index is 3.65. The Balaban J connectivity index is 1.55. The SMILES string of the molecule is CN(C)C1CCN(CCCC2CCCCN2)CC1. The van der Waals surface area contributed by atoms with Gasteiger partial charge < -0.3 is 15.1 Å². The van der Waals surface area contributed by atoms with E-state index >= 15 is 0 Å². The third-order valence-electron chi connectivity index (χ3n) is 4.73. The van der Waals surface area contributed by atoms with Gasteiger partial charge in [0.1, 0.15) is 0 Å². The minimum Gasteiger partial charge on any atom is -0.314 e. The van der Waals surface area contributed by atoms with Gasteiger partial charge in [0, 0.05) is 12.1 Å². The summed E-state index contributed by atoms with van der Waals surface area (Å²) in [6.45, 7) is 5.18. The molecule has 0 aliphatic carbocycles. The highest BCUT2D eigenvalue weighted by molar-refractivity contribution is 4.78. The Bertz CT molecular complexity index is 216. The summed E-state index contributed by atoms with van der Waals surface area (Å²) in [5.74, 6) is 0. The molecule has 0 spiro atoms. The number of likely N-dealkylation sites (tertiary alicyclic amines) is 1. The maximum Gasteiger partial charge on any atom is 0.0113 e. The van der Waals surface area contributed by atoms with Gasteiger partial charge in [0.2, 0.25) is 0 Å². The van der Waals surface area contributed by atoms with Crippen LogP contribution in [0.2, 0.25) is 0 Å². The van der Waals surface area contributed by atoms with Crippen molar-refractivity contribution in [1.82, 2.24) is 15.1 Å². The van der Waals surface area contributed by atoms with Crippen LogP contribution in [0.5, 0.6) is 0 Å². The lowest BCUT2D eigenvalue weighted by Crippen LogP contribution is -2.42. The third-order valence-corrected chi connectivity index (χ3v) is 4.73. The Kier molecular flexibility index (Phi) is 5.93. The van der Waals surface area contributed by atoms with E-state index in [1.165, 1.54) is 71.1 Å². The average Bonchev–Trinajstić information content (AvgIpc) is 2.40. The molecule has 0 radical (unpaired) electrons. The fourth-order valence-corrected chi connectivity index (χ4v) is 3.39. The topological polar surface area (TPSA) is 18.5 Å². The van der Waals surface area contributed by atoms with E-state index in [0.717, 1.165) is 12.1 Å². The minimum atomic E-state index is 0.818. The van der Waals surface area contributed by atoms with E-state index in [1.807, 2.05) is 0 Å². The highest BCUT2D eigenvalue weighted by Gasteiger charge is 2.20. The van der Waals surface area contributed by atoms with Crippen LogP contribution in [-0.4, -0.2) is 62.2 Å². The van der Waals surface area contributed by atoms with Gasteiger partial charge >= 0.3 is 0 Å². The third kappa shape index (κ3) is 4.52. The molecule has 2 heterocycles. The molecule has 1 atom stereocenters. The zero-order valence-corrected chi connectivity index (χ0v) is 12.3. The van der Waals surface area contributed by atoms with Gasteiger partial charge in [-0.25, -0.2) is 0 Å². The summed E-state index contributed by atoms with van der Waals surface area (Å²) in [6.07, 6.45) is 9.70. The van der Waals surface area contributed by atoms with Gasteiger partial charge in [-0.2, -0.15) is 0 Å². The number of nitrogens with one attached hydrogen (secondary N) is 1. The van der Waals surface area contributed by atoms with E-state index in [4.69, 9.17) is 0 Å². The fourth-order valence-electron chi connectivity index (χ4n) is 3.39. The molecule has 1 N–H and O–H groups in total. The molecule has 2 saturated heterocycles. The first kappa shape index (κ1) is 14.3. The molecule has 2 aliphatic heterocycles. The van der Waals surface area contributed by atoms with Crippen molar-refractivity contribution in [3.05, 3.63) is 0 Å². The molecule has 0 aromatic carbocycles. The van der Waals surface area contributed by atoms with Crippen molar-refractivity contribution in [2.24, 2.45) is 0 Å². The van der Waals surface area contributed by atoms with Crippen LogP contribution in [0.4, 0.5) is 0 Å². The Morgan fingerprint density at radius 1 is 1.11 bits per heavy atom. The van der Waals surface area contributed by atoms with E-state index in [2.05, 4.69) is 29.2 Å². The van der Waals surface area contributed by atoms with Crippen LogP contribution in [0.3, 0.4) is 0 Å². The lowest BCUT2D eigenvalue weighted by Gasteiger charge is -2.35. The largest absolute Gasteiger partial charge is 0.314 e. The zero-order chi connectivity index (χ0) is 12.8. The highest BCUT2D eigenvalue weighted by Crippen LogP contribution is 2.16. The molecule has 1 unspecified atom stereocenters. The number of hydrogen-bond acceptors (Lipinski definition) is 3. The second kappa shape index (κ2) is 7.46. The van der Waals surface area contributed by atoms with Crippen LogP contribution in [0.15, 0.2) is 0 Å². The molecule has 3 heteroatoms. The molecule has 0 aromatic heterocycles. The van der Waals surface area contributed by atoms with Crippen molar-refractivity contribution in [2.45, 2.75) is 57.0 Å². The molecule has 2 fully saturated rings. The van der Waals surface area contributed by atoms with Crippen molar-refractivity contribution >= 4 is 0 Å². The number of hydrogen-bond donors (Lipinski definition) is 1. The normalized spacial score (nSPS) is 27.8. The zero-order valence-electron chi connectivity index (χ0n) is 12.3. The summed E-state index contributed by atoms with van der Waals surface area (Å²) in [7, 11) is 4.43. The monoisotopic (exact) mass is 253 g/mol. The molecule has 0 bridgehead atoms. The van der Waals surface area contributed by atoms with Crippen LogP contribution >= 0.6 is 0 Å². The Morgan fingerprint density at radius 2 is 1.89 bits per heavy atom. The summed E-state index contributed by atoms with van der Waals surface area (Å²) >= 11 is 0. The van der Waals surface area contributed by atoms with Gasteiger partial charge in [-0.1, -0.05) is 6.42 Å². The van der Waals surface area contributed by atoms with Crippen LogP contribution < -0.4 is 5.32 Å². The van der Waals surface area contributed by atoms with Crippen LogP contribution in [0.1, 0.15) is 44.9 Å². The van der Waals surface area contributed by atoms with Gasteiger partial charge in [-0.3, -0.25) is 0 Å². The van der Waals surface area contributed by atoms with E-state index in [-0.39, 0.29) is 0 Å². The molecule has 18 heavy (non-hydrogen) atoms. The summed E-state index contributed by atoms with van der Waals surface area (Å²) < 4.78 is 0. The number of nitrogens with zero attached hydrogens (tertiary/aromatic N) is 2. The lowest BCUT2D eigenvalue weighted by molar-refractivity contribution is 0.142. The average molecular weight is 253 g/mol. The molecule has 3 nitrogen and oxygen atoms in total. The van der Waals surface area contributed by atoms with Gasteiger partial charge in [-0.05, 0) is 78.8 Å². The summed E-state index contributed by atoms with van der Waals surface area (Å²) in [4.78, 5) is 5.06. The number of piperidine rings is 2. The predicted molar refractivity (Wildman–Crippen MR) is 78.0 cm³/mol. The lowest BCUT2D eigenvalue weighted by atomic mass is 9.99. The molecule has 2 aliphatic rings. The maximum atomic E-state index is 3.65. The van der Waals surface area contributed by atoms with E-state index in [1.54, 1.807) is 0 Å². The van der Waals surface area contributed by atoms with E-state index in [9.17, 15) is 0 Å². The van der Waals surface area contributed by atoms with Crippen molar-refractivity contribution in [2.75, 3.05) is 40.3 Å². The first-order valence-electron chi connectivity index (χ1n) is 7.88. The van der Waals surface area contributed by atoms with Gasteiger partial charge in [-0.15, -0.1) is 0 Å². The first-order chi connectivity index (χ1) is 8.75. The fraction of sp³-hybridized carbons (Fsp3) is 1.00. The second-order valence-corrected chi connectivity index (χ2v) is 6.33. The van der Waals surface area contributed by atoms with Gasteiger partial charge in [0.15, 0.2) is 0 Å². The van der Waals surface area contributed by atoms with Crippen molar-refractivity contribution in [3.63, 3.8) is 0 Å². The summed E-state index contributed by atoms with van der Waals surface area (Å²) in [5.41, 5.74) is 0. The van der Waals surface area contributed by atoms with Crippen molar-refractivity contribution < 1.29 is 0 Å². The first-order valence-corrected chi connectivity index (χ1v) is 7.88. The smallest absolute Gasteiger partial charge is 0.0113 e. The van der Waals surface area contributed by atoms with Crippen LogP contribution in [0, 0.1) is 0 Å². The van der Waals surface area contributed by atoms with Crippen LogP contribution in [0.25, 0.3) is 0 Å².